The molecule has 0 saturated carbocycles. The number of rotatable bonds is 6. The Morgan fingerprint density at radius 1 is 1.36 bits per heavy atom. The van der Waals surface area contributed by atoms with Crippen molar-refractivity contribution in [1.82, 2.24) is 35.0 Å². The molecule has 2 atom stereocenters. The zero-order chi connectivity index (χ0) is 15.5. The summed E-state index contributed by atoms with van der Waals surface area (Å²) in [5.41, 5.74) is 2.14. The molecule has 1 aliphatic heterocycles. The molecule has 0 radical (unpaired) electrons. The summed E-state index contributed by atoms with van der Waals surface area (Å²) in [5, 5.41) is 15.3. The minimum atomic E-state index is -0.748. The molecule has 1 fully saturated rings. The van der Waals surface area contributed by atoms with Crippen molar-refractivity contribution < 1.29 is 4.39 Å². The maximum absolute atomic E-state index is 13.8. The van der Waals surface area contributed by atoms with E-state index in [0.717, 1.165) is 24.3 Å². The highest BCUT2D eigenvalue weighted by molar-refractivity contribution is 5.05. The van der Waals surface area contributed by atoms with Crippen molar-refractivity contribution in [2.24, 2.45) is 14.1 Å². The standard InChI is InChI=1S/C14H22FN7/c1-20-8-11(4-18-20)9-22-10-12(15)3-13(22)5-16-6-14-7-17-19-21(14)2/h4,7-8,12-13,16H,3,5-6,9-10H2,1-2H3/t12-,13-/m0/s1. The normalized spacial score (nSPS) is 22.5. The molecule has 3 heterocycles. The van der Waals surface area contributed by atoms with Crippen LogP contribution in [0.25, 0.3) is 0 Å². The number of aryl methyl sites for hydroxylation is 2. The quantitative estimate of drug-likeness (QED) is 0.829. The van der Waals surface area contributed by atoms with Gasteiger partial charge in [-0.3, -0.25) is 14.3 Å². The number of alkyl halides is 1. The molecule has 0 amide bonds. The maximum atomic E-state index is 13.8. The van der Waals surface area contributed by atoms with Crippen LogP contribution in [0, 0.1) is 0 Å². The Morgan fingerprint density at radius 2 is 2.23 bits per heavy atom. The molecule has 1 N–H and O–H groups in total. The molecule has 0 bridgehead atoms. The van der Waals surface area contributed by atoms with E-state index in [1.807, 2.05) is 26.5 Å². The fourth-order valence-corrected chi connectivity index (χ4v) is 2.95. The van der Waals surface area contributed by atoms with Crippen molar-refractivity contribution in [2.45, 2.75) is 31.7 Å². The van der Waals surface area contributed by atoms with E-state index in [9.17, 15) is 4.39 Å². The predicted octanol–water partition coefficient (Wildman–Crippen LogP) is 0.251. The van der Waals surface area contributed by atoms with Gasteiger partial charge in [0.05, 0.1) is 18.1 Å². The van der Waals surface area contributed by atoms with Crippen molar-refractivity contribution in [1.29, 1.82) is 0 Å². The van der Waals surface area contributed by atoms with Gasteiger partial charge in [-0.15, -0.1) is 5.10 Å². The van der Waals surface area contributed by atoms with Crippen LogP contribution in [-0.2, 0) is 27.2 Å². The molecule has 8 heteroatoms. The van der Waals surface area contributed by atoms with Crippen LogP contribution in [-0.4, -0.2) is 55.0 Å². The lowest BCUT2D eigenvalue weighted by Crippen LogP contribution is -2.37. The SMILES string of the molecule is Cn1cc(CN2C[C@@H](F)C[C@H]2CNCc2cnnn2C)cn1. The molecule has 0 aromatic carbocycles. The van der Waals surface area contributed by atoms with Gasteiger partial charge in [0, 0.05) is 58.1 Å². The highest BCUT2D eigenvalue weighted by atomic mass is 19.1. The second-order valence-corrected chi connectivity index (χ2v) is 5.92. The van der Waals surface area contributed by atoms with Crippen molar-refractivity contribution in [2.75, 3.05) is 13.1 Å². The lowest BCUT2D eigenvalue weighted by Gasteiger charge is -2.23. The average molecular weight is 307 g/mol. The molecular weight excluding hydrogens is 285 g/mol. The Morgan fingerprint density at radius 3 is 2.91 bits per heavy atom. The molecule has 120 valence electrons. The van der Waals surface area contributed by atoms with Crippen LogP contribution >= 0.6 is 0 Å². The number of aromatic nitrogens is 5. The zero-order valence-corrected chi connectivity index (χ0v) is 13.0. The monoisotopic (exact) mass is 307 g/mol. The lowest BCUT2D eigenvalue weighted by molar-refractivity contribution is 0.230. The van der Waals surface area contributed by atoms with Gasteiger partial charge >= 0.3 is 0 Å². The van der Waals surface area contributed by atoms with Gasteiger partial charge in [0.15, 0.2) is 0 Å². The van der Waals surface area contributed by atoms with Crippen molar-refractivity contribution in [3.05, 3.63) is 29.8 Å². The average Bonchev–Trinajstić information content (AvgIpc) is 3.14. The van der Waals surface area contributed by atoms with Gasteiger partial charge in [0.25, 0.3) is 0 Å². The van der Waals surface area contributed by atoms with Crippen LogP contribution < -0.4 is 5.32 Å². The van der Waals surface area contributed by atoms with Crippen LogP contribution in [0.3, 0.4) is 0 Å². The third-order valence-corrected chi connectivity index (χ3v) is 4.12. The fraction of sp³-hybridized carbons (Fsp3) is 0.643. The van der Waals surface area contributed by atoms with Crippen LogP contribution in [0.15, 0.2) is 18.6 Å². The van der Waals surface area contributed by atoms with Crippen molar-refractivity contribution in [3.63, 3.8) is 0 Å². The van der Waals surface area contributed by atoms with Gasteiger partial charge in [0.1, 0.15) is 6.17 Å². The molecule has 2 aromatic heterocycles. The molecule has 0 unspecified atom stereocenters. The van der Waals surface area contributed by atoms with E-state index >= 15 is 0 Å². The van der Waals surface area contributed by atoms with Gasteiger partial charge < -0.3 is 5.32 Å². The fourth-order valence-electron chi connectivity index (χ4n) is 2.95. The first-order chi connectivity index (χ1) is 10.6. The number of halogens is 1. The number of nitrogens with one attached hydrogen (secondary N) is 1. The van der Waals surface area contributed by atoms with Crippen molar-refractivity contribution in [3.8, 4) is 0 Å². The van der Waals surface area contributed by atoms with Gasteiger partial charge in [-0.25, -0.2) is 4.39 Å². The summed E-state index contributed by atoms with van der Waals surface area (Å²) in [6.45, 7) is 2.69. The van der Waals surface area contributed by atoms with Crippen LogP contribution in [0.2, 0.25) is 0 Å². The summed E-state index contributed by atoms with van der Waals surface area (Å²) in [6, 6.07) is 0.205. The molecule has 3 rings (SSSR count). The van der Waals surface area contributed by atoms with E-state index in [0.29, 0.717) is 19.5 Å². The first kappa shape index (κ1) is 15.1. The number of likely N-dealkylation sites (tertiary alicyclic amines) is 1. The highest BCUT2D eigenvalue weighted by Gasteiger charge is 2.31. The maximum Gasteiger partial charge on any atom is 0.114 e. The molecule has 0 spiro atoms. The Kier molecular flexibility index (Phi) is 4.49. The van der Waals surface area contributed by atoms with E-state index < -0.39 is 6.17 Å². The number of hydrogen-bond acceptors (Lipinski definition) is 5. The zero-order valence-electron chi connectivity index (χ0n) is 13.0. The highest BCUT2D eigenvalue weighted by Crippen LogP contribution is 2.22. The topological polar surface area (TPSA) is 63.8 Å². The third-order valence-electron chi connectivity index (χ3n) is 4.12. The number of hydrogen-bond donors (Lipinski definition) is 1. The van der Waals surface area contributed by atoms with Crippen LogP contribution in [0.1, 0.15) is 17.7 Å². The Balaban J connectivity index is 1.53. The summed E-state index contributed by atoms with van der Waals surface area (Å²) in [7, 11) is 3.76. The Hall–Kier alpha value is -1.80. The number of nitrogens with zero attached hydrogens (tertiary/aromatic N) is 6. The van der Waals surface area contributed by atoms with Gasteiger partial charge in [-0.2, -0.15) is 5.10 Å². The van der Waals surface area contributed by atoms with Gasteiger partial charge in [-0.05, 0) is 6.42 Å². The van der Waals surface area contributed by atoms with Crippen LogP contribution in [0.5, 0.6) is 0 Å². The predicted molar refractivity (Wildman–Crippen MR) is 79.6 cm³/mol. The summed E-state index contributed by atoms with van der Waals surface area (Å²) >= 11 is 0. The summed E-state index contributed by atoms with van der Waals surface area (Å²) < 4.78 is 17.3. The molecule has 0 aliphatic carbocycles. The lowest BCUT2D eigenvalue weighted by atomic mass is 10.2. The van der Waals surface area contributed by atoms with E-state index in [1.165, 1.54) is 0 Å². The van der Waals surface area contributed by atoms with E-state index in [4.69, 9.17) is 0 Å². The van der Waals surface area contributed by atoms with Crippen LogP contribution in [0.4, 0.5) is 4.39 Å². The molecule has 22 heavy (non-hydrogen) atoms. The smallest absolute Gasteiger partial charge is 0.114 e. The van der Waals surface area contributed by atoms with Gasteiger partial charge in [0.2, 0.25) is 0 Å². The molecule has 1 aliphatic rings. The summed E-state index contributed by atoms with van der Waals surface area (Å²) in [4.78, 5) is 2.19. The molecule has 2 aromatic rings. The van der Waals surface area contributed by atoms with Gasteiger partial charge in [-0.1, -0.05) is 5.21 Å². The molecular formula is C14H22FN7. The minimum absolute atomic E-state index is 0.205. The first-order valence-corrected chi connectivity index (χ1v) is 7.51. The van der Waals surface area contributed by atoms with E-state index in [1.54, 1.807) is 15.6 Å². The molecule has 1 saturated heterocycles. The summed E-state index contributed by atoms with van der Waals surface area (Å²) in [5.74, 6) is 0. The van der Waals surface area contributed by atoms with Crippen molar-refractivity contribution >= 4 is 0 Å². The third kappa shape index (κ3) is 3.50. The first-order valence-electron chi connectivity index (χ1n) is 7.51. The Labute approximate surface area is 129 Å². The van der Waals surface area contributed by atoms with E-state index in [-0.39, 0.29) is 6.04 Å². The van der Waals surface area contributed by atoms with E-state index in [2.05, 4.69) is 25.6 Å². The molecule has 7 nitrogen and oxygen atoms in total. The Bertz CT molecular complexity index is 608. The largest absolute Gasteiger partial charge is 0.310 e. The minimum Gasteiger partial charge on any atom is -0.310 e. The second kappa shape index (κ2) is 6.53. The second-order valence-electron chi connectivity index (χ2n) is 5.92. The summed E-state index contributed by atoms with van der Waals surface area (Å²) in [6.07, 6.45) is 5.40.